The van der Waals surface area contributed by atoms with E-state index in [1.54, 1.807) is 0 Å². The molecule has 1 aromatic rings. The van der Waals surface area contributed by atoms with Crippen LogP contribution in [0.4, 0.5) is 11.4 Å². The van der Waals surface area contributed by atoms with Crippen LogP contribution in [0.15, 0.2) is 12.1 Å². The Morgan fingerprint density at radius 1 is 1.20 bits per heavy atom. The summed E-state index contributed by atoms with van der Waals surface area (Å²) >= 11 is 0. The monoisotopic (exact) mass is 346 g/mol. The Bertz CT molecular complexity index is 575. The fourth-order valence-corrected chi connectivity index (χ4v) is 3.77. The van der Waals surface area contributed by atoms with Gasteiger partial charge in [-0.3, -0.25) is 4.79 Å². The summed E-state index contributed by atoms with van der Waals surface area (Å²) < 4.78 is 5.43. The Balaban J connectivity index is 2.03. The van der Waals surface area contributed by atoms with Crippen molar-refractivity contribution in [2.75, 3.05) is 36.5 Å². The van der Waals surface area contributed by atoms with Gasteiger partial charge in [0.15, 0.2) is 0 Å². The summed E-state index contributed by atoms with van der Waals surface area (Å²) in [6.45, 7) is 16.4. The molecule has 1 N–H and O–H groups in total. The van der Waals surface area contributed by atoms with E-state index >= 15 is 0 Å². The number of benzene rings is 1. The Labute approximate surface area is 152 Å². The average Bonchev–Trinajstić information content (AvgIpc) is 2.49. The molecule has 25 heavy (non-hydrogen) atoms. The highest BCUT2D eigenvalue weighted by atomic mass is 16.5. The van der Waals surface area contributed by atoms with Gasteiger partial charge in [-0.1, -0.05) is 27.7 Å². The maximum Gasteiger partial charge on any atom is 0.224 e. The first-order chi connectivity index (χ1) is 11.7. The number of ether oxygens (including phenoxy) is 1. The maximum absolute atomic E-state index is 12.5. The molecule has 1 aromatic carbocycles. The lowest BCUT2D eigenvalue weighted by Gasteiger charge is -2.30. The van der Waals surface area contributed by atoms with E-state index in [1.807, 2.05) is 0 Å². The molecule has 0 spiro atoms. The van der Waals surface area contributed by atoms with Crippen LogP contribution < -0.4 is 10.2 Å². The summed E-state index contributed by atoms with van der Waals surface area (Å²) in [5, 5.41) is 3.14. The van der Waals surface area contributed by atoms with Gasteiger partial charge in [-0.05, 0) is 54.9 Å². The minimum Gasteiger partial charge on any atom is -0.378 e. The zero-order valence-electron chi connectivity index (χ0n) is 16.7. The molecule has 2 rings (SSSR count). The third kappa shape index (κ3) is 6.03. The number of anilines is 2. The van der Waals surface area contributed by atoms with Crippen molar-refractivity contribution >= 4 is 17.3 Å². The van der Waals surface area contributed by atoms with Crippen molar-refractivity contribution in [1.82, 2.24) is 0 Å². The minimum atomic E-state index is 0.113. The second kappa shape index (κ2) is 8.22. The van der Waals surface area contributed by atoms with Crippen molar-refractivity contribution in [1.29, 1.82) is 0 Å². The van der Waals surface area contributed by atoms with E-state index < -0.39 is 0 Å². The van der Waals surface area contributed by atoms with Crippen LogP contribution in [0.5, 0.6) is 0 Å². The second-order valence-corrected chi connectivity index (χ2v) is 8.68. The lowest BCUT2D eigenvalue weighted by Crippen LogP contribution is -2.36. The van der Waals surface area contributed by atoms with E-state index in [0.29, 0.717) is 12.3 Å². The van der Waals surface area contributed by atoms with Crippen molar-refractivity contribution in [3.8, 4) is 0 Å². The molecule has 1 saturated heterocycles. The quantitative estimate of drug-likeness (QED) is 0.851. The fraction of sp³-hybridized carbons (Fsp3) is 0.667. The Morgan fingerprint density at radius 2 is 1.76 bits per heavy atom. The summed E-state index contributed by atoms with van der Waals surface area (Å²) in [4.78, 5) is 14.8. The van der Waals surface area contributed by atoms with E-state index in [-0.39, 0.29) is 11.3 Å². The van der Waals surface area contributed by atoms with Crippen molar-refractivity contribution in [2.24, 2.45) is 11.3 Å². The first-order valence-electron chi connectivity index (χ1n) is 9.39. The predicted octanol–water partition coefficient (Wildman–Crippen LogP) is 4.54. The van der Waals surface area contributed by atoms with Crippen molar-refractivity contribution < 1.29 is 9.53 Å². The van der Waals surface area contributed by atoms with Crippen molar-refractivity contribution in [2.45, 2.75) is 54.4 Å². The highest BCUT2D eigenvalue weighted by molar-refractivity contribution is 5.92. The number of amides is 1. The van der Waals surface area contributed by atoms with Crippen LogP contribution in [0.3, 0.4) is 0 Å². The molecule has 0 bridgehead atoms. The largest absolute Gasteiger partial charge is 0.378 e. The van der Waals surface area contributed by atoms with E-state index in [1.165, 1.54) is 5.69 Å². The van der Waals surface area contributed by atoms with E-state index in [2.05, 4.69) is 63.9 Å². The third-order valence-corrected chi connectivity index (χ3v) is 4.65. The molecule has 1 atom stereocenters. The number of carbonyl (C=O) groups excluding carboxylic acids is 1. The molecule has 0 aromatic heterocycles. The van der Waals surface area contributed by atoms with Crippen LogP contribution in [-0.2, 0) is 9.53 Å². The van der Waals surface area contributed by atoms with Crippen LogP contribution in [0, 0.1) is 25.2 Å². The number of nitrogens with zero attached hydrogens (tertiary/aromatic N) is 1. The summed E-state index contributed by atoms with van der Waals surface area (Å²) in [7, 11) is 0. The van der Waals surface area contributed by atoms with Gasteiger partial charge in [-0.15, -0.1) is 0 Å². The fourth-order valence-electron chi connectivity index (χ4n) is 3.77. The molecule has 1 heterocycles. The first kappa shape index (κ1) is 19.8. The normalized spacial score (nSPS) is 16.6. The molecular weight excluding hydrogens is 312 g/mol. The highest BCUT2D eigenvalue weighted by Gasteiger charge is 2.19. The molecule has 0 aliphatic carbocycles. The Hall–Kier alpha value is -1.55. The van der Waals surface area contributed by atoms with Gasteiger partial charge in [0, 0.05) is 30.9 Å². The number of carbonyl (C=O) groups is 1. The molecular formula is C21H34N2O2. The predicted molar refractivity (Wildman–Crippen MR) is 105 cm³/mol. The van der Waals surface area contributed by atoms with E-state index in [9.17, 15) is 4.79 Å². The minimum absolute atomic E-state index is 0.113. The van der Waals surface area contributed by atoms with Gasteiger partial charge in [-0.2, -0.15) is 0 Å². The van der Waals surface area contributed by atoms with Gasteiger partial charge >= 0.3 is 0 Å². The number of rotatable bonds is 5. The smallest absolute Gasteiger partial charge is 0.224 e. The summed E-state index contributed by atoms with van der Waals surface area (Å²) in [6.07, 6.45) is 1.62. The zero-order valence-corrected chi connectivity index (χ0v) is 16.7. The molecule has 0 saturated carbocycles. The number of hydrogen-bond acceptors (Lipinski definition) is 3. The number of morpholine rings is 1. The molecule has 140 valence electrons. The van der Waals surface area contributed by atoms with Crippen LogP contribution in [0.25, 0.3) is 0 Å². The van der Waals surface area contributed by atoms with E-state index in [4.69, 9.17) is 4.74 Å². The molecule has 1 aliphatic rings. The van der Waals surface area contributed by atoms with Crippen LogP contribution in [0.1, 0.15) is 51.7 Å². The maximum atomic E-state index is 12.5. The van der Waals surface area contributed by atoms with Gasteiger partial charge in [0.2, 0.25) is 5.91 Å². The second-order valence-electron chi connectivity index (χ2n) is 8.68. The molecule has 1 fully saturated rings. The first-order valence-corrected chi connectivity index (χ1v) is 9.39. The third-order valence-electron chi connectivity index (χ3n) is 4.65. The van der Waals surface area contributed by atoms with Crippen molar-refractivity contribution in [3.05, 3.63) is 23.3 Å². The SMILES string of the molecule is Cc1cc(N2CCOCC2)cc(C)c1NC(=O)CC(C)CC(C)(C)C. The molecule has 4 heteroatoms. The van der Waals surface area contributed by atoms with Crippen molar-refractivity contribution in [3.63, 3.8) is 0 Å². The molecule has 1 unspecified atom stereocenters. The van der Waals surface area contributed by atoms with Gasteiger partial charge in [0.05, 0.1) is 13.2 Å². The van der Waals surface area contributed by atoms with Crippen LogP contribution >= 0.6 is 0 Å². The lowest BCUT2D eigenvalue weighted by atomic mass is 9.84. The summed E-state index contributed by atoms with van der Waals surface area (Å²) in [5.74, 6) is 0.496. The molecule has 1 aliphatic heterocycles. The number of hydrogen-bond donors (Lipinski definition) is 1. The summed E-state index contributed by atoms with van der Waals surface area (Å²) in [5.41, 5.74) is 4.68. The number of nitrogens with one attached hydrogen (secondary N) is 1. The van der Waals surface area contributed by atoms with Crippen LogP contribution in [-0.4, -0.2) is 32.2 Å². The highest BCUT2D eigenvalue weighted by Crippen LogP contribution is 2.29. The summed E-state index contributed by atoms with van der Waals surface area (Å²) in [6, 6.07) is 4.35. The average molecular weight is 347 g/mol. The Kier molecular flexibility index (Phi) is 6.50. The molecule has 1 amide bonds. The van der Waals surface area contributed by atoms with Gasteiger partial charge in [-0.25, -0.2) is 0 Å². The van der Waals surface area contributed by atoms with Crippen LogP contribution in [0.2, 0.25) is 0 Å². The number of aryl methyl sites for hydroxylation is 2. The standard InChI is InChI=1S/C21H34N2O2/c1-15(14-21(4,5)6)11-19(24)22-20-16(2)12-18(13-17(20)3)23-7-9-25-10-8-23/h12-13,15H,7-11,14H2,1-6H3,(H,22,24). The Morgan fingerprint density at radius 3 is 2.28 bits per heavy atom. The van der Waals surface area contributed by atoms with Gasteiger partial charge in [0.25, 0.3) is 0 Å². The lowest BCUT2D eigenvalue weighted by molar-refractivity contribution is -0.117. The molecule has 0 radical (unpaired) electrons. The van der Waals surface area contributed by atoms with Gasteiger partial charge in [0.1, 0.15) is 0 Å². The van der Waals surface area contributed by atoms with Gasteiger partial charge < -0.3 is 15.0 Å². The topological polar surface area (TPSA) is 41.6 Å². The zero-order chi connectivity index (χ0) is 18.6. The molecule has 4 nitrogen and oxygen atoms in total. The van der Waals surface area contributed by atoms with E-state index in [0.717, 1.165) is 49.5 Å².